The molecule has 2 aliphatic carbocycles. The molecule has 0 unspecified atom stereocenters. The van der Waals surface area contributed by atoms with Crippen LogP contribution in [-0.2, 0) is 24.2 Å². The van der Waals surface area contributed by atoms with Crippen LogP contribution < -0.4 is 4.74 Å². The highest BCUT2D eigenvalue weighted by atomic mass is 32.2. The lowest BCUT2D eigenvalue weighted by molar-refractivity contribution is -0.159. The second kappa shape index (κ2) is 6.23. The van der Waals surface area contributed by atoms with Gasteiger partial charge < -0.3 is 9.84 Å². The Morgan fingerprint density at radius 3 is 2.36 bits per heavy atom. The van der Waals surface area contributed by atoms with E-state index in [1.807, 2.05) is 0 Å². The van der Waals surface area contributed by atoms with Crippen LogP contribution in [0.25, 0.3) is 0 Å². The Balaban J connectivity index is 2.11. The van der Waals surface area contributed by atoms with Crippen molar-refractivity contribution in [2.24, 2.45) is 23.2 Å². The number of ketones is 3. The Labute approximate surface area is 161 Å². The summed E-state index contributed by atoms with van der Waals surface area (Å²) in [6, 6.07) is 2.41. The standard InChI is InChI=1S/C19H20O8S/c1-8-9(5-6-12(16(8)27-3)28(4,25)26)14(20)13-15(21)10-7-11(10)19(2,17(13)22)18(23)24/h5-6,10-11,13H,7H2,1-4H3,(H,23,24)/t10-,11+,13+,19+/m1/s1. The highest BCUT2D eigenvalue weighted by molar-refractivity contribution is 7.90. The van der Waals surface area contributed by atoms with Gasteiger partial charge in [0.1, 0.15) is 22.0 Å². The van der Waals surface area contributed by atoms with Gasteiger partial charge in [-0.2, -0.15) is 0 Å². The molecule has 2 aliphatic rings. The molecule has 8 nitrogen and oxygen atoms in total. The second-order valence-electron chi connectivity index (χ2n) is 7.56. The van der Waals surface area contributed by atoms with Crippen LogP contribution in [0.3, 0.4) is 0 Å². The Morgan fingerprint density at radius 1 is 1.25 bits per heavy atom. The number of carboxylic acids is 1. The fourth-order valence-electron chi connectivity index (χ4n) is 4.12. The van der Waals surface area contributed by atoms with Crippen molar-refractivity contribution < 1.29 is 37.4 Å². The summed E-state index contributed by atoms with van der Waals surface area (Å²) < 4.78 is 29.0. The number of rotatable bonds is 5. The van der Waals surface area contributed by atoms with E-state index in [1.165, 1.54) is 33.1 Å². The number of aliphatic carboxylic acids is 1. The number of sulfone groups is 1. The Kier molecular flexibility index (Phi) is 4.49. The lowest BCUT2D eigenvalue weighted by Gasteiger charge is -2.31. The summed E-state index contributed by atoms with van der Waals surface area (Å²) in [5.41, 5.74) is -1.65. The monoisotopic (exact) mass is 408 g/mol. The SMILES string of the molecule is COc1c(S(C)(=O)=O)ccc(C(=O)[C@H]2C(=O)[C@@H]3C[C@@H]3[C@](C)(C(=O)O)C2=O)c1C. The molecule has 0 spiro atoms. The predicted molar refractivity (Wildman–Crippen MR) is 96.0 cm³/mol. The van der Waals surface area contributed by atoms with E-state index in [9.17, 15) is 32.7 Å². The van der Waals surface area contributed by atoms with E-state index in [1.54, 1.807) is 0 Å². The molecule has 0 radical (unpaired) electrons. The first-order chi connectivity index (χ1) is 12.9. The number of carboxylic acid groups (broad SMARTS) is 1. The van der Waals surface area contributed by atoms with Gasteiger partial charge in [0.2, 0.25) is 0 Å². The number of hydrogen-bond donors (Lipinski definition) is 1. The van der Waals surface area contributed by atoms with Gasteiger partial charge in [0.15, 0.2) is 27.2 Å². The summed E-state index contributed by atoms with van der Waals surface area (Å²) in [6.07, 6.45) is 1.26. The molecule has 1 aromatic carbocycles. The molecule has 0 aliphatic heterocycles. The van der Waals surface area contributed by atoms with Crippen molar-refractivity contribution >= 4 is 33.2 Å². The number of hydrogen-bond acceptors (Lipinski definition) is 7. The summed E-state index contributed by atoms with van der Waals surface area (Å²) in [6.45, 7) is 2.71. The van der Waals surface area contributed by atoms with Crippen LogP contribution in [0.1, 0.15) is 29.3 Å². The number of benzene rings is 1. The third-order valence-electron chi connectivity index (χ3n) is 5.90. The van der Waals surface area contributed by atoms with E-state index in [0.29, 0.717) is 0 Å². The molecule has 2 saturated carbocycles. The average molecular weight is 408 g/mol. The molecule has 0 bridgehead atoms. The van der Waals surface area contributed by atoms with Crippen LogP contribution in [0.15, 0.2) is 17.0 Å². The van der Waals surface area contributed by atoms with Crippen molar-refractivity contribution in [3.8, 4) is 5.75 Å². The molecule has 28 heavy (non-hydrogen) atoms. The van der Waals surface area contributed by atoms with Crippen LogP contribution in [0, 0.1) is 30.1 Å². The van der Waals surface area contributed by atoms with Gasteiger partial charge in [-0.15, -0.1) is 0 Å². The first-order valence-corrected chi connectivity index (χ1v) is 10.5. The molecule has 2 fully saturated rings. The Morgan fingerprint density at radius 2 is 1.86 bits per heavy atom. The minimum Gasteiger partial charge on any atom is -0.495 e. The van der Waals surface area contributed by atoms with Crippen LogP contribution in [0.5, 0.6) is 5.75 Å². The molecule has 4 atom stereocenters. The largest absolute Gasteiger partial charge is 0.495 e. The second-order valence-corrected chi connectivity index (χ2v) is 9.55. The van der Waals surface area contributed by atoms with Gasteiger partial charge >= 0.3 is 5.97 Å². The number of carbonyl (C=O) groups is 4. The van der Waals surface area contributed by atoms with Crippen LogP contribution in [0.4, 0.5) is 0 Å². The third kappa shape index (κ3) is 2.68. The lowest BCUT2D eigenvalue weighted by Crippen LogP contribution is -2.51. The summed E-state index contributed by atoms with van der Waals surface area (Å²) in [7, 11) is -2.39. The van der Waals surface area contributed by atoms with Gasteiger partial charge in [0.05, 0.1) is 7.11 Å². The number of methoxy groups -OCH3 is 1. The van der Waals surface area contributed by atoms with Gasteiger partial charge in [-0.25, -0.2) is 8.42 Å². The van der Waals surface area contributed by atoms with Crippen molar-refractivity contribution in [1.29, 1.82) is 0 Å². The average Bonchev–Trinajstić information content (AvgIpc) is 3.40. The van der Waals surface area contributed by atoms with Crippen molar-refractivity contribution in [3.05, 3.63) is 23.3 Å². The molecule has 1 N–H and O–H groups in total. The highest BCUT2D eigenvalue weighted by Gasteiger charge is 2.69. The summed E-state index contributed by atoms with van der Waals surface area (Å²) >= 11 is 0. The Bertz CT molecular complexity index is 1040. The van der Waals surface area contributed by atoms with E-state index >= 15 is 0 Å². The molecular weight excluding hydrogens is 388 g/mol. The number of ether oxygens (including phenoxy) is 1. The minimum atomic E-state index is -3.64. The molecule has 0 saturated heterocycles. The predicted octanol–water partition coefficient (Wildman–Crippen LogP) is 1.08. The molecule has 1 aromatic rings. The summed E-state index contributed by atoms with van der Waals surface area (Å²) in [5.74, 6) is -6.63. The fourth-order valence-corrected chi connectivity index (χ4v) is 5.01. The third-order valence-corrected chi connectivity index (χ3v) is 7.02. The first kappa shape index (κ1) is 20.2. The molecule has 0 amide bonds. The van der Waals surface area contributed by atoms with E-state index in [2.05, 4.69) is 0 Å². The molecule has 150 valence electrons. The van der Waals surface area contributed by atoms with Gasteiger partial charge in [-0.1, -0.05) is 0 Å². The molecule has 0 heterocycles. The highest BCUT2D eigenvalue weighted by Crippen LogP contribution is 2.58. The topological polar surface area (TPSA) is 132 Å². The normalized spacial score (nSPS) is 29.2. The smallest absolute Gasteiger partial charge is 0.317 e. The number of Topliss-reactive ketones (excluding diaryl/α,β-unsaturated/α-hetero) is 3. The van der Waals surface area contributed by atoms with E-state index < -0.39 is 56.3 Å². The zero-order chi connectivity index (χ0) is 21.2. The zero-order valence-corrected chi connectivity index (χ0v) is 16.6. The maximum atomic E-state index is 13.1. The molecule has 9 heteroatoms. The van der Waals surface area contributed by atoms with Gasteiger partial charge in [-0.05, 0) is 38.3 Å². The summed E-state index contributed by atoms with van der Waals surface area (Å²) in [5, 5.41) is 9.55. The van der Waals surface area contributed by atoms with Crippen LogP contribution in [-0.4, -0.2) is 50.2 Å². The van der Waals surface area contributed by atoms with Crippen molar-refractivity contribution in [2.45, 2.75) is 25.2 Å². The van der Waals surface area contributed by atoms with E-state index in [0.717, 1.165) is 6.26 Å². The van der Waals surface area contributed by atoms with Crippen molar-refractivity contribution in [1.82, 2.24) is 0 Å². The lowest BCUT2D eigenvalue weighted by atomic mass is 9.67. The maximum Gasteiger partial charge on any atom is 0.317 e. The molecular formula is C19H20O8S. The van der Waals surface area contributed by atoms with E-state index in [-0.39, 0.29) is 28.2 Å². The maximum absolute atomic E-state index is 13.1. The zero-order valence-electron chi connectivity index (χ0n) is 15.8. The van der Waals surface area contributed by atoms with Crippen molar-refractivity contribution in [2.75, 3.05) is 13.4 Å². The molecule has 0 aromatic heterocycles. The van der Waals surface area contributed by atoms with Crippen LogP contribution >= 0.6 is 0 Å². The molecule has 3 rings (SSSR count). The minimum absolute atomic E-state index is 0.0391. The van der Waals surface area contributed by atoms with E-state index in [4.69, 9.17) is 4.74 Å². The fraction of sp³-hybridized carbons (Fsp3) is 0.474. The Hall–Kier alpha value is -2.55. The first-order valence-electron chi connectivity index (χ1n) is 8.60. The quantitative estimate of drug-likeness (QED) is 0.565. The van der Waals surface area contributed by atoms with Gasteiger partial charge in [0, 0.05) is 23.3 Å². The van der Waals surface area contributed by atoms with Gasteiger partial charge in [0.25, 0.3) is 0 Å². The van der Waals surface area contributed by atoms with Crippen LogP contribution in [0.2, 0.25) is 0 Å². The number of fused-ring (bicyclic) bond motifs is 1. The number of carbonyl (C=O) groups excluding carboxylic acids is 3. The van der Waals surface area contributed by atoms with Crippen molar-refractivity contribution in [3.63, 3.8) is 0 Å². The van der Waals surface area contributed by atoms with Gasteiger partial charge in [-0.3, -0.25) is 19.2 Å². The summed E-state index contributed by atoms with van der Waals surface area (Å²) in [4.78, 5) is 50.2.